The number of ether oxygens (including phenoxy) is 2. The summed E-state index contributed by atoms with van der Waals surface area (Å²) < 4.78 is 10.4. The van der Waals surface area contributed by atoms with Gasteiger partial charge >= 0.3 is 5.97 Å². The van der Waals surface area contributed by atoms with Crippen LogP contribution in [0.25, 0.3) is 11.0 Å². The van der Waals surface area contributed by atoms with E-state index in [2.05, 4.69) is 10.2 Å². The summed E-state index contributed by atoms with van der Waals surface area (Å²) in [6.45, 7) is 1.60. The van der Waals surface area contributed by atoms with Crippen molar-refractivity contribution in [2.75, 3.05) is 6.61 Å². The van der Waals surface area contributed by atoms with E-state index in [-0.39, 0.29) is 18.6 Å². The van der Waals surface area contributed by atoms with E-state index in [0.717, 1.165) is 0 Å². The van der Waals surface area contributed by atoms with E-state index < -0.39 is 6.10 Å². The van der Waals surface area contributed by atoms with Crippen molar-refractivity contribution in [2.45, 2.75) is 19.1 Å². The molecule has 21 heavy (non-hydrogen) atoms. The van der Waals surface area contributed by atoms with E-state index in [4.69, 9.17) is 32.7 Å². The van der Waals surface area contributed by atoms with Crippen LogP contribution in [-0.4, -0.2) is 33.7 Å². The first-order valence-corrected chi connectivity index (χ1v) is 6.97. The van der Waals surface area contributed by atoms with Crippen LogP contribution >= 0.6 is 23.2 Å². The van der Waals surface area contributed by atoms with Gasteiger partial charge in [-0.15, -0.1) is 0 Å². The van der Waals surface area contributed by atoms with Gasteiger partial charge in [0, 0.05) is 6.92 Å². The number of hydrogen-bond donors (Lipinski definition) is 0. The van der Waals surface area contributed by atoms with E-state index in [1.54, 1.807) is 24.5 Å². The number of fused-ring (bicyclic) bond motifs is 1. The van der Waals surface area contributed by atoms with Crippen molar-refractivity contribution in [2.24, 2.45) is 0 Å². The van der Waals surface area contributed by atoms with Gasteiger partial charge in [0.15, 0.2) is 6.10 Å². The van der Waals surface area contributed by atoms with Crippen LogP contribution in [0.15, 0.2) is 24.5 Å². The van der Waals surface area contributed by atoms with Crippen LogP contribution < -0.4 is 0 Å². The highest BCUT2D eigenvalue weighted by Crippen LogP contribution is 2.27. The Kier molecular flexibility index (Phi) is 3.73. The molecule has 2 atom stereocenters. The summed E-state index contributed by atoms with van der Waals surface area (Å²) in [5.41, 5.74) is 1.23. The van der Waals surface area contributed by atoms with E-state index in [9.17, 15) is 4.79 Å². The van der Waals surface area contributed by atoms with Gasteiger partial charge in [-0.3, -0.25) is 4.79 Å². The molecule has 1 aliphatic rings. The third-order valence-corrected chi connectivity index (χ3v) is 3.76. The van der Waals surface area contributed by atoms with Crippen LogP contribution in [-0.2, 0) is 14.3 Å². The summed E-state index contributed by atoms with van der Waals surface area (Å²) in [6, 6.07) is 2.95. The van der Waals surface area contributed by atoms with Crippen molar-refractivity contribution in [3.05, 3.63) is 34.5 Å². The Morgan fingerprint density at radius 1 is 1.33 bits per heavy atom. The van der Waals surface area contributed by atoms with Crippen LogP contribution in [0, 0.1) is 0 Å². The summed E-state index contributed by atoms with van der Waals surface area (Å²) in [5, 5.41) is 9.55. The molecular weight excluding hydrogens is 317 g/mol. The van der Waals surface area contributed by atoms with Crippen LogP contribution in [0.4, 0.5) is 0 Å². The molecule has 6 nitrogen and oxygen atoms in total. The lowest BCUT2D eigenvalue weighted by atomic mass is 10.1. The fourth-order valence-corrected chi connectivity index (χ4v) is 2.43. The second-order valence-corrected chi connectivity index (χ2v) is 5.39. The third-order valence-electron chi connectivity index (χ3n) is 3.04. The Balaban J connectivity index is 1.99. The summed E-state index contributed by atoms with van der Waals surface area (Å²) >= 11 is 11.9. The summed E-state index contributed by atoms with van der Waals surface area (Å²) in [6.07, 6.45) is 2.79. The molecule has 110 valence electrons. The standard InChI is InChI=1S/C13H11Cl2N3O3/c1-7(19)21-13-6-20-3-2-12(13)18-16-10-4-8(14)9(15)5-11(10)17-18/h2-5,12-13H,6H2,1H3/t12-,13-/m0/s1. The predicted molar refractivity (Wildman–Crippen MR) is 77.2 cm³/mol. The van der Waals surface area contributed by atoms with Crippen molar-refractivity contribution in [1.29, 1.82) is 0 Å². The number of halogens is 2. The average molecular weight is 328 g/mol. The lowest BCUT2D eigenvalue weighted by Gasteiger charge is -2.26. The van der Waals surface area contributed by atoms with Crippen LogP contribution in [0.5, 0.6) is 0 Å². The van der Waals surface area contributed by atoms with Gasteiger partial charge in [-0.25, -0.2) is 0 Å². The van der Waals surface area contributed by atoms with E-state index in [1.165, 1.54) is 11.7 Å². The number of aromatic nitrogens is 3. The number of benzene rings is 1. The minimum absolute atomic E-state index is 0.250. The number of nitrogens with zero attached hydrogens (tertiary/aromatic N) is 3. The zero-order valence-electron chi connectivity index (χ0n) is 11.0. The topological polar surface area (TPSA) is 66.2 Å². The van der Waals surface area contributed by atoms with Gasteiger partial charge in [0.25, 0.3) is 0 Å². The van der Waals surface area contributed by atoms with Crippen molar-refractivity contribution in [1.82, 2.24) is 15.0 Å². The van der Waals surface area contributed by atoms with Gasteiger partial charge < -0.3 is 9.47 Å². The number of rotatable bonds is 2. The largest absolute Gasteiger partial charge is 0.497 e. The maximum Gasteiger partial charge on any atom is 0.303 e. The molecule has 2 aromatic rings. The van der Waals surface area contributed by atoms with Gasteiger partial charge in [-0.2, -0.15) is 15.0 Å². The van der Waals surface area contributed by atoms with Crippen molar-refractivity contribution >= 4 is 40.2 Å². The highest BCUT2D eigenvalue weighted by Gasteiger charge is 2.29. The molecule has 0 fully saturated rings. The molecule has 0 bridgehead atoms. The highest BCUT2D eigenvalue weighted by atomic mass is 35.5. The monoisotopic (exact) mass is 327 g/mol. The Morgan fingerprint density at radius 3 is 2.52 bits per heavy atom. The molecule has 0 saturated carbocycles. The maximum absolute atomic E-state index is 11.2. The molecule has 1 aliphatic heterocycles. The fourth-order valence-electron chi connectivity index (χ4n) is 2.11. The van der Waals surface area contributed by atoms with E-state index in [1.807, 2.05) is 0 Å². The lowest BCUT2D eigenvalue weighted by molar-refractivity contribution is -0.151. The molecule has 2 heterocycles. The molecule has 0 unspecified atom stereocenters. The second kappa shape index (κ2) is 5.54. The third kappa shape index (κ3) is 2.82. The number of hydrogen-bond acceptors (Lipinski definition) is 5. The molecule has 0 spiro atoms. The summed E-state index contributed by atoms with van der Waals surface area (Å²) in [7, 11) is 0. The van der Waals surface area contributed by atoms with Crippen molar-refractivity contribution in [3.8, 4) is 0 Å². The molecule has 0 N–H and O–H groups in total. The minimum Gasteiger partial charge on any atom is -0.497 e. The molecule has 0 aliphatic carbocycles. The molecule has 0 amide bonds. The second-order valence-electron chi connectivity index (χ2n) is 4.58. The normalized spacial score (nSPS) is 21.3. The van der Waals surface area contributed by atoms with Gasteiger partial charge in [-0.05, 0) is 18.2 Å². The average Bonchev–Trinajstić information content (AvgIpc) is 2.82. The number of esters is 1. The number of carbonyl (C=O) groups excluding carboxylic acids is 1. The number of carbonyl (C=O) groups is 1. The molecule has 1 aromatic heterocycles. The molecule has 0 saturated heterocycles. The van der Waals surface area contributed by atoms with Gasteiger partial charge in [-0.1, -0.05) is 23.2 Å². The predicted octanol–water partition coefficient (Wildman–Crippen LogP) is 2.75. The Labute approximate surface area is 130 Å². The lowest BCUT2D eigenvalue weighted by Crippen LogP contribution is -2.34. The molecule has 1 aromatic carbocycles. The minimum atomic E-state index is -0.486. The molecule has 3 rings (SSSR count). The first-order valence-electron chi connectivity index (χ1n) is 6.21. The quantitative estimate of drug-likeness (QED) is 0.793. The van der Waals surface area contributed by atoms with Crippen LogP contribution in [0.2, 0.25) is 10.0 Å². The van der Waals surface area contributed by atoms with E-state index >= 15 is 0 Å². The molecular formula is C13H11Cl2N3O3. The van der Waals surface area contributed by atoms with Crippen LogP contribution in [0.1, 0.15) is 13.0 Å². The summed E-state index contributed by atoms with van der Waals surface area (Å²) in [5.74, 6) is -0.383. The van der Waals surface area contributed by atoms with Crippen LogP contribution in [0.3, 0.4) is 0 Å². The molecule has 8 heteroatoms. The maximum atomic E-state index is 11.2. The Hall–Kier alpha value is -1.79. The van der Waals surface area contributed by atoms with Gasteiger partial charge in [0.1, 0.15) is 23.7 Å². The zero-order valence-corrected chi connectivity index (χ0v) is 12.5. The van der Waals surface area contributed by atoms with Gasteiger partial charge in [0.05, 0.1) is 16.3 Å². The Bertz CT molecular complexity index is 690. The Morgan fingerprint density at radius 2 is 1.95 bits per heavy atom. The van der Waals surface area contributed by atoms with Crippen molar-refractivity contribution < 1.29 is 14.3 Å². The zero-order chi connectivity index (χ0) is 15.0. The smallest absolute Gasteiger partial charge is 0.303 e. The fraction of sp³-hybridized carbons (Fsp3) is 0.308. The highest BCUT2D eigenvalue weighted by molar-refractivity contribution is 6.42. The summed E-state index contributed by atoms with van der Waals surface area (Å²) in [4.78, 5) is 12.6. The SMILES string of the molecule is CC(=O)O[C@H]1COC=C[C@@H]1n1nc2cc(Cl)c(Cl)cc2n1. The molecule has 0 radical (unpaired) electrons. The first kappa shape index (κ1) is 14.2. The van der Waals surface area contributed by atoms with Gasteiger partial charge in [0.2, 0.25) is 0 Å². The van der Waals surface area contributed by atoms with E-state index in [0.29, 0.717) is 21.1 Å². The van der Waals surface area contributed by atoms with Crippen molar-refractivity contribution in [3.63, 3.8) is 0 Å². The first-order chi connectivity index (χ1) is 10.0.